The number of aromatic amines is 1. The van der Waals surface area contributed by atoms with E-state index >= 15 is 0 Å². The molecule has 0 aliphatic heterocycles. The summed E-state index contributed by atoms with van der Waals surface area (Å²) in [6.07, 6.45) is 3.17. The van der Waals surface area contributed by atoms with Gasteiger partial charge in [0.15, 0.2) is 0 Å². The van der Waals surface area contributed by atoms with Gasteiger partial charge in [-0.05, 0) is 0 Å². The van der Waals surface area contributed by atoms with Gasteiger partial charge in [-0.3, -0.25) is 0 Å². The smallest absolute Gasteiger partial charge is 0.198 e. The normalized spacial score (nSPS) is 6.67. The zero-order valence-corrected chi connectivity index (χ0v) is 4.33. The Labute approximate surface area is 50.7 Å². The van der Waals surface area contributed by atoms with Gasteiger partial charge in [0.1, 0.15) is 0 Å². The van der Waals surface area contributed by atoms with Crippen LogP contribution in [-0.4, -0.2) is 15.4 Å². The molecule has 1 aromatic heterocycles. The molecule has 1 heterocycles. The van der Waals surface area contributed by atoms with Crippen LogP contribution in [0.3, 0.4) is 0 Å². The molecule has 3 nitrogen and oxygen atoms in total. The number of hydrogen-bond donors (Lipinski definition) is 1. The van der Waals surface area contributed by atoms with E-state index < -0.39 is 0 Å². The maximum atomic E-state index is 3.49. The molecular weight excluding hydrogens is 174 g/mol. The minimum absolute atomic E-state index is 0. The summed E-state index contributed by atoms with van der Waals surface area (Å²) in [5.74, 6) is 0. The van der Waals surface area contributed by atoms with E-state index in [1.807, 2.05) is 0 Å². The Morgan fingerprint density at radius 1 is 1.17 bits per heavy atom. The molecule has 0 bridgehead atoms. The summed E-state index contributed by atoms with van der Waals surface area (Å²) in [7, 11) is 0. The van der Waals surface area contributed by atoms with Gasteiger partial charge >= 0.3 is 22.4 Å². The maximum absolute atomic E-state index is 3.49. The van der Waals surface area contributed by atoms with Crippen LogP contribution in [0.4, 0.5) is 0 Å². The van der Waals surface area contributed by atoms with Crippen molar-refractivity contribution in [1.29, 1.82) is 0 Å². The van der Waals surface area contributed by atoms with Crippen molar-refractivity contribution in [2.24, 2.45) is 0 Å². The first-order valence-corrected chi connectivity index (χ1v) is 1.30. The molecule has 0 atom stereocenters. The van der Waals surface area contributed by atoms with E-state index in [0.717, 1.165) is 0 Å². The van der Waals surface area contributed by atoms with Crippen LogP contribution in [0, 0.1) is 0 Å². The molecule has 1 rings (SSSR count). The fourth-order valence-corrected chi connectivity index (χ4v) is 0.167. The van der Waals surface area contributed by atoms with Crippen molar-refractivity contribution in [3.63, 3.8) is 0 Å². The van der Waals surface area contributed by atoms with E-state index in [9.17, 15) is 0 Å². The van der Waals surface area contributed by atoms with Crippen molar-refractivity contribution in [3.8, 4) is 0 Å². The van der Waals surface area contributed by atoms with Crippen LogP contribution in [0.25, 0.3) is 0 Å². The van der Waals surface area contributed by atoms with Crippen LogP contribution in [-0.2, 0) is 22.4 Å². The van der Waals surface area contributed by atoms with Crippen molar-refractivity contribution in [2.45, 2.75) is 0 Å². The fraction of sp³-hybridized carbons (Fsp3) is 0. The molecule has 6 heavy (non-hydrogen) atoms. The number of aromatic nitrogens is 3. The van der Waals surface area contributed by atoms with E-state index in [-0.39, 0.29) is 22.4 Å². The zero-order valence-electron chi connectivity index (χ0n) is 2.85. The predicted octanol–water partition coefficient (Wildman–Crippen LogP) is -0.198. The molecule has 0 aliphatic carbocycles. The Morgan fingerprint density at radius 3 is 1.83 bits per heavy atom. The van der Waals surface area contributed by atoms with E-state index in [1.54, 1.807) is 12.4 Å². The van der Waals surface area contributed by atoms with Crippen LogP contribution in [0.5, 0.6) is 0 Å². The molecule has 1 aromatic rings. The summed E-state index contributed by atoms with van der Waals surface area (Å²) in [6.45, 7) is 0. The van der Waals surface area contributed by atoms with Gasteiger partial charge in [0.2, 0.25) is 0 Å². The predicted molar refractivity (Wildman–Crippen MR) is 16.4 cm³/mol. The molecule has 0 fully saturated rings. The minimum Gasteiger partial charge on any atom is -0.198 e. The molecule has 0 saturated carbocycles. The molecule has 0 aliphatic rings. The molecule has 4 heteroatoms. The van der Waals surface area contributed by atoms with Gasteiger partial charge in [-0.1, -0.05) is 0 Å². The average Bonchev–Trinajstić information content (AvgIpc) is 1.76. The Hall–Kier alpha value is -0.120. The van der Waals surface area contributed by atoms with E-state index in [4.69, 9.17) is 0 Å². The zero-order chi connectivity index (χ0) is 3.54. The summed E-state index contributed by atoms with van der Waals surface area (Å²) < 4.78 is 0. The molecule has 1 N–H and O–H groups in total. The molecule has 0 amide bonds. The molecule has 0 unspecified atom stereocenters. The molecular formula is C2H3AgN3+. The van der Waals surface area contributed by atoms with Crippen molar-refractivity contribution in [1.82, 2.24) is 15.4 Å². The topological polar surface area (TPSA) is 41.6 Å². The monoisotopic (exact) mass is 176 g/mol. The fourth-order valence-electron chi connectivity index (χ4n) is 0.167. The van der Waals surface area contributed by atoms with Crippen molar-refractivity contribution in [2.75, 3.05) is 0 Å². The quantitative estimate of drug-likeness (QED) is 0.557. The van der Waals surface area contributed by atoms with Crippen molar-refractivity contribution in [3.05, 3.63) is 12.4 Å². The van der Waals surface area contributed by atoms with Gasteiger partial charge in [0.25, 0.3) is 0 Å². The number of rotatable bonds is 0. The Balaban J connectivity index is 0.000000250. The average molecular weight is 177 g/mol. The summed E-state index contributed by atoms with van der Waals surface area (Å²) in [6, 6.07) is 0. The second kappa shape index (κ2) is 3.09. The number of hydrogen-bond acceptors (Lipinski definition) is 2. The first kappa shape index (κ1) is 5.88. The Morgan fingerprint density at radius 2 is 1.67 bits per heavy atom. The largest absolute Gasteiger partial charge is 1.00 e. The van der Waals surface area contributed by atoms with Gasteiger partial charge in [-0.25, -0.2) is 0 Å². The minimum atomic E-state index is 0. The second-order valence-corrected chi connectivity index (χ2v) is 0.656. The van der Waals surface area contributed by atoms with Crippen molar-refractivity contribution >= 4 is 0 Å². The van der Waals surface area contributed by atoms with Crippen LogP contribution < -0.4 is 0 Å². The van der Waals surface area contributed by atoms with Crippen LogP contribution in [0.15, 0.2) is 12.4 Å². The third kappa shape index (κ3) is 1.35. The SMILES string of the molecule is [Ag+].c1cn[nH]n1. The third-order valence-corrected chi connectivity index (χ3v) is 0.331. The first-order valence-electron chi connectivity index (χ1n) is 1.30. The van der Waals surface area contributed by atoms with E-state index in [0.29, 0.717) is 0 Å². The molecule has 0 spiro atoms. The summed E-state index contributed by atoms with van der Waals surface area (Å²) in [5, 5.41) is 9.33. The van der Waals surface area contributed by atoms with Gasteiger partial charge in [-0.2, -0.15) is 15.4 Å². The van der Waals surface area contributed by atoms with Gasteiger partial charge < -0.3 is 0 Å². The Kier molecular flexibility index (Phi) is 3.02. The molecule has 0 aromatic carbocycles. The number of H-pyrrole nitrogens is 1. The van der Waals surface area contributed by atoms with Crippen LogP contribution >= 0.6 is 0 Å². The van der Waals surface area contributed by atoms with Gasteiger partial charge in [-0.15, -0.1) is 0 Å². The summed E-state index contributed by atoms with van der Waals surface area (Å²) in [4.78, 5) is 0. The number of nitrogens with one attached hydrogen (secondary N) is 1. The van der Waals surface area contributed by atoms with Gasteiger partial charge in [0.05, 0.1) is 12.4 Å². The van der Waals surface area contributed by atoms with Crippen LogP contribution in [0.1, 0.15) is 0 Å². The Bertz CT molecular complexity index is 65.3. The van der Waals surface area contributed by atoms with Crippen LogP contribution in [0.2, 0.25) is 0 Å². The molecule has 0 radical (unpaired) electrons. The summed E-state index contributed by atoms with van der Waals surface area (Å²) >= 11 is 0. The second-order valence-electron chi connectivity index (χ2n) is 0.656. The molecule has 0 saturated heterocycles. The third-order valence-electron chi connectivity index (χ3n) is 0.331. The van der Waals surface area contributed by atoms with Crippen molar-refractivity contribution < 1.29 is 22.4 Å². The standard InChI is InChI=1S/C2H3N3.Ag/c1-2-4-5-3-1;/h1-2H,(H,3,4,5);/q;+1. The van der Waals surface area contributed by atoms with E-state index in [1.165, 1.54) is 0 Å². The summed E-state index contributed by atoms with van der Waals surface area (Å²) in [5.41, 5.74) is 0. The number of nitrogens with zero attached hydrogens (tertiary/aromatic N) is 2. The van der Waals surface area contributed by atoms with E-state index in [2.05, 4.69) is 15.4 Å². The van der Waals surface area contributed by atoms with Gasteiger partial charge in [0, 0.05) is 0 Å². The maximum Gasteiger partial charge on any atom is 1.00 e. The molecule has 36 valence electrons. The first-order chi connectivity index (χ1) is 2.50.